The average molecular weight is 369 g/mol. The summed E-state index contributed by atoms with van der Waals surface area (Å²) in [5, 5.41) is 5.35. The van der Waals surface area contributed by atoms with Crippen LogP contribution in [-0.4, -0.2) is 25.4 Å². The Labute approximate surface area is 157 Å². The van der Waals surface area contributed by atoms with Crippen LogP contribution >= 0.6 is 11.8 Å². The van der Waals surface area contributed by atoms with Crippen LogP contribution in [0, 0.1) is 0 Å². The summed E-state index contributed by atoms with van der Waals surface area (Å²) >= 11 is 1.49. The normalized spacial score (nSPS) is 19.0. The highest BCUT2D eigenvalue weighted by molar-refractivity contribution is 7.98. The maximum absolute atomic E-state index is 13.6. The van der Waals surface area contributed by atoms with Crippen molar-refractivity contribution >= 4 is 17.5 Å². The zero-order chi connectivity index (χ0) is 18.6. The molecule has 6 heteroatoms. The van der Waals surface area contributed by atoms with Crippen LogP contribution in [0.4, 0.5) is 0 Å². The van der Waals surface area contributed by atoms with E-state index in [1.54, 1.807) is 4.40 Å². The molecule has 0 saturated carbocycles. The van der Waals surface area contributed by atoms with E-state index < -0.39 is 0 Å². The Hall–Kier alpha value is -2.08. The Balaban J connectivity index is 2.19. The lowest BCUT2D eigenvalue weighted by molar-refractivity contribution is 0.439. The van der Waals surface area contributed by atoms with Crippen molar-refractivity contribution in [2.45, 2.75) is 57.1 Å². The minimum Gasteiger partial charge on any atom is -0.268 e. The van der Waals surface area contributed by atoms with Gasteiger partial charge < -0.3 is 0 Å². The molecule has 1 aliphatic carbocycles. The predicted octanol–water partition coefficient (Wildman–Crippen LogP) is 4.08. The van der Waals surface area contributed by atoms with Crippen LogP contribution in [0.1, 0.15) is 51.3 Å². The van der Waals surface area contributed by atoms with Gasteiger partial charge in [-0.15, -0.1) is 5.10 Å². The van der Waals surface area contributed by atoms with Crippen molar-refractivity contribution in [3.63, 3.8) is 0 Å². The van der Waals surface area contributed by atoms with E-state index in [2.05, 4.69) is 51.0 Å². The predicted molar refractivity (Wildman–Crippen MR) is 106 cm³/mol. The third-order valence-electron chi connectivity index (χ3n) is 5.56. The van der Waals surface area contributed by atoms with Crippen molar-refractivity contribution in [3.8, 4) is 11.3 Å². The van der Waals surface area contributed by atoms with Crippen LogP contribution in [0.15, 0.2) is 34.2 Å². The van der Waals surface area contributed by atoms with E-state index >= 15 is 0 Å². The van der Waals surface area contributed by atoms with E-state index in [1.165, 1.54) is 17.3 Å². The minimum atomic E-state index is -0.218. The molecule has 26 heavy (non-hydrogen) atoms. The molecule has 0 aliphatic heterocycles. The first-order valence-electron chi connectivity index (χ1n) is 9.09. The molecular weight excluding hydrogens is 344 g/mol. The molecule has 0 saturated heterocycles. The molecular formula is C20H24N4OS. The van der Waals surface area contributed by atoms with E-state index in [-0.39, 0.29) is 17.0 Å². The van der Waals surface area contributed by atoms with Gasteiger partial charge in [-0.25, -0.2) is 14.1 Å². The summed E-state index contributed by atoms with van der Waals surface area (Å²) < 4.78 is 3.55. The molecule has 0 N–H and O–H groups in total. The van der Waals surface area contributed by atoms with Crippen molar-refractivity contribution in [1.82, 2.24) is 19.2 Å². The van der Waals surface area contributed by atoms with E-state index in [1.807, 2.05) is 17.0 Å². The zero-order valence-electron chi connectivity index (χ0n) is 15.9. The number of hydrogen-bond donors (Lipinski definition) is 0. The fourth-order valence-corrected chi connectivity index (χ4v) is 4.47. The van der Waals surface area contributed by atoms with Crippen LogP contribution in [0.2, 0.25) is 0 Å². The molecule has 3 aromatic rings. The summed E-state index contributed by atoms with van der Waals surface area (Å²) in [6.45, 7) is 8.46. The number of fused-ring (bicyclic) bond motifs is 4. The zero-order valence-corrected chi connectivity index (χ0v) is 16.7. The monoisotopic (exact) mass is 368 g/mol. The van der Waals surface area contributed by atoms with Crippen molar-refractivity contribution < 1.29 is 0 Å². The van der Waals surface area contributed by atoms with Crippen molar-refractivity contribution in [1.29, 1.82) is 0 Å². The standard InChI is InChI=1S/C20H24N4OS/c1-6-20(4)11-13-9-7-8-10-14(13)16-15(20)17(25)23-18(21-16)24(12(2)3)22-19(23)26-5/h7-10,12H,6,11H2,1-5H3/t20-/m0/s1. The molecule has 0 fully saturated rings. The first kappa shape index (κ1) is 17.3. The van der Waals surface area contributed by atoms with Gasteiger partial charge in [-0.05, 0) is 38.5 Å². The van der Waals surface area contributed by atoms with Crippen molar-refractivity contribution in [3.05, 3.63) is 45.7 Å². The molecule has 136 valence electrons. The van der Waals surface area contributed by atoms with Gasteiger partial charge in [0.2, 0.25) is 5.78 Å². The molecule has 5 nitrogen and oxygen atoms in total. The highest BCUT2D eigenvalue weighted by atomic mass is 32.2. The molecule has 1 atom stereocenters. The molecule has 0 bridgehead atoms. The first-order chi connectivity index (χ1) is 12.4. The Bertz CT molecular complexity index is 1070. The van der Waals surface area contributed by atoms with E-state index in [4.69, 9.17) is 4.98 Å². The second kappa shape index (κ2) is 5.98. The maximum atomic E-state index is 13.6. The van der Waals surface area contributed by atoms with E-state index in [9.17, 15) is 4.79 Å². The topological polar surface area (TPSA) is 52.2 Å². The minimum absolute atomic E-state index is 0.0279. The summed E-state index contributed by atoms with van der Waals surface area (Å²) in [5.41, 5.74) is 3.81. The number of thioether (sulfide) groups is 1. The number of nitrogens with zero attached hydrogens (tertiary/aromatic N) is 4. The van der Waals surface area contributed by atoms with Gasteiger partial charge >= 0.3 is 0 Å². The lowest BCUT2D eigenvalue weighted by atomic mass is 9.69. The van der Waals surface area contributed by atoms with Gasteiger partial charge in [-0.1, -0.05) is 49.9 Å². The lowest BCUT2D eigenvalue weighted by Gasteiger charge is -2.35. The Morgan fingerprint density at radius 1 is 1.31 bits per heavy atom. The fourth-order valence-electron chi connectivity index (χ4n) is 3.95. The Kier molecular flexibility index (Phi) is 3.99. The van der Waals surface area contributed by atoms with Crippen LogP contribution in [0.25, 0.3) is 17.0 Å². The van der Waals surface area contributed by atoms with Crippen LogP contribution < -0.4 is 5.56 Å². The summed E-state index contributed by atoms with van der Waals surface area (Å²) in [4.78, 5) is 18.6. The molecule has 2 heterocycles. The van der Waals surface area contributed by atoms with Gasteiger partial charge in [0.05, 0.1) is 17.3 Å². The number of benzene rings is 1. The summed E-state index contributed by atoms with van der Waals surface area (Å²) in [6, 6.07) is 8.46. The van der Waals surface area contributed by atoms with Crippen LogP contribution in [0.5, 0.6) is 0 Å². The van der Waals surface area contributed by atoms with Gasteiger partial charge in [0.15, 0.2) is 5.16 Å². The smallest absolute Gasteiger partial charge is 0.265 e. The Morgan fingerprint density at radius 2 is 2.04 bits per heavy atom. The summed E-state index contributed by atoms with van der Waals surface area (Å²) in [7, 11) is 0. The van der Waals surface area contributed by atoms with E-state index in [0.717, 1.165) is 29.7 Å². The van der Waals surface area contributed by atoms with Crippen molar-refractivity contribution in [2.24, 2.45) is 0 Å². The molecule has 2 aromatic heterocycles. The molecule has 0 radical (unpaired) electrons. The maximum Gasteiger partial charge on any atom is 0.265 e. The van der Waals surface area contributed by atoms with Crippen LogP contribution in [0.3, 0.4) is 0 Å². The highest BCUT2D eigenvalue weighted by Gasteiger charge is 2.38. The number of rotatable bonds is 3. The van der Waals surface area contributed by atoms with Gasteiger partial charge in [-0.2, -0.15) is 0 Å². The number of hydrogen-bond acceptors (Lipinski definition) is 4. The third-order valence-corrected chi connectivity index (χ3v) is 6.19. The molecule has 0 spiro atoms. The second-order valence-electron chi connectivity index (χ2n) is 7.55. The molecule has 1 aromatic carbocycles. The number of aromatic nitrogens is 4. The highest BCUT2D eigenvalue weighted by Crippen LogP contribution is 2.42. The van der Waals surface area contributed by atoms with Gasteiger partial charge in [0, 0.05) is 11.0 Å². The second-order valence-corrected chi connectivity index (χ2v) is 8.32. The Morgan fingerprint density at radius 3 is 2.69 bits per heavy atom. The van der Waals surface area contributed by atoms with Gasteiger partial charge in [0.25, 0.3) is 5.56 Å². The quantitative estimate of drug-likeness (QED) is 0.654. The van der Waals surface area contributed by atoms with Gasteiger partial charge in [-0.3, -0.25) is 4.79 Å². The molecule has 1 aliphatic rings. The summed E-state index contributed by atoms with van der Waals surface area (Å²) in [5.74, 6) is 0.628. The third kappa shape index (κ3) is 2.28. The molecule has 0 unspecified atom stereocenters. The lowest BCUT2D eigenvalue weighted by Crippen LogP contribution is -2.37. The molecule has 0 amide bonds. The SMILES string of the molecule is CC[C@@]1(C)Cc2ccccc2-c2nc3n(C(C)C)nc(SC)n3c(=O)c21. The first-order valence-corrected chi connectivity index (χ1v) is 10.3. The largest absolute Gasteiger partial charge is 0.268 e. The molecule has 4 rings (SSSR count). The van der Waals surface area contributed by atoms with Crippen molar-refractivity contribution in [2.75, 3.05) is 6.26 Å². The van der Waals surface area contributed by atoms with Gasteiger partial charge in [0.1, 0.15) is 0 Å². The summed E-state index contributed by atoms with van der Waals surface area (Å²) in [6.07, 6.45) is 3.71. The van der Waals surface area contributed by atoms with Crippen LogP contribution in [-0.2, 0) is 11.8 Å². The average Bonchev–Trinajstić information content (AvgIpc) is 3.01. The van der Waals surface area contributed by atoms with E-state index in [0.29, 0.717) is 10.9 Å². The fraction of sp³-hybridized carbons (Fsp3) is 0.450.